The Kier molecular flexibility index (Phi) is 7.78. The molecule has 0 aliphatic heterocycles. The third-order valence-electron chi connectivity index (χ3n) is 14.8. The third-order valence-corrected chi connectivity index (χ3v) is 14.8. The maximum atomic E-state index is 14.7. The molecule has 6 heteroatoms. The molecule has 45 heavy (non-hydrogen) atoms. The average Bonchev–Trinajstić information content (AvgIpc) is 2.97. The van der Waals surface area contributed by atoms with Gasteiger partial charge >= 0.3 is 0 Å². The van der Waals surface area contributed by atoms with Crippen LogP contribution in [0.1, 0.15) is 119 Å². The number of fused-ring (bicyclic) bond motifs is 7. The molecule has 0 aromatic heterocycles. The van der Waals surface area contributed by atoms with Gasteiger partial charge in [0.2, 0.25) is 11.8 Å². The van der Waals surface area contributed by atoms with Gasteiger partial charge in [0.05, 0.1) is 6.61 Å². The predicted molar refractivity (Wildman–Crippen MR) is 176 cm³/mol. The predicted octanol–water partition coefficient (Wildman–Crippen LogP) is 7.72. The highest BCUT2D eigenvalue weighted by atomic mass is 16.6. The molecular weight excluding hydrogens is 560 g/mol. The zero-order valence-corrected chi connectivity index (χ0v) is 29.0. The van der Waals surface area contributed by atoms with E-state index in [9.17, 15) is 14.4 Å². The van der Waals surface area contributed by atoms with Gasteiger partial charge in [-0.2, -0.15) is 0 Å². The molecule has 2 amide bonds. The average molecular weight is 617 g/mol. The number of hydrogen-bond acceptors (Lipinski definition) is 4. The van der Waals surface area contributed by atoms with E-state index in [4.69, 9.17) is 4.84 Å². The van der Waals surface area contributed by atoms with Gasteiger partial charge in [-0.1, -0.05) is 84.4 Å². The summed E-state index contributed by atoms with van der Waals surface area (Å²) in [7, 11) is 0. The molecule has 4 saturated carbocycles. The zero-order valence-electron chi connectivity index (χ0n) is 29.0. The minimum Gasteiger partial charge on any atom is -0.353 e. The molecule has 6 rings (SSSR count). The van der Waals surface area contributed by atoms with Crippen LogP contribution in [-0.4, -0.2) is 23.6 Å². The van der Waals surface area contributed by atoms with Crippen LogP contribution in [-0.2, 0) is 25.8 Å². The molecule has 0 saturated heterocycles. The van der Waals surface area contributed by atoms with Crippen LogP contribution in [0.3, 0.4) is 0 Å². The van der Waals surface area contributed by atoms with E-state index in [2.05, 4.69) is 65.3 Å². The van der Waals surface area contributed by atoms with Crippen LogP contribution in [0.5, 0.6) is 0 Å². The summed E-state index contributed by atoms with van der Waals surface area (Å²) in [6.07, 6.45) is 10.8. The number of carbonyl (C=O) groups excluding carboxylic acids is 3. The summed E-state index contributed by atoms with van der Waals surface area (Å²) in [6, 6.07) is 10.0. The first kappa shape index (κ1) is 32.5. The number of nitrogens with one attached hydrogen (secondary N) is 2. The van der Waals surface area contributed by atoms with E-state index in [0.717, 1.165) is 63.4 Å². The highest BCUT2D eigenvalue weighted by Crippen LogP contribution is 2.75. The van der Waals surface area contributed by atoms with Gasteiger partial charge in [-0.05, 0) is 108 Å². The van der Waals surface area contributed by atoms with Gasteiger partial charge in [-0.25, -0.2) is 5.48 Å². The van der Waals surface area contributed by atoms with Crippen molar-refractivity contribution in [3.8, 4) is 0 Å². The summed E-state index contributed by atoms with van der Waals surface area (Å²) < 4.78 is 0. The van der Waals surface area contributed by atoms with Gasteiger partial charge in [0, 0.05) is 24.3 Å². The molecule has 0 spiro atoms. The first-order valence-electron chi connectivity index (χ1n) is 17.5. The van der Waals surface area contributed by atoms with Crippen LogP contribution >= 0.6 is 0 Å². The molecule has 9 atom stereocenters. The second-order valence-electron chi connectivity index (χ2n) is 17.6. The van der Waals surface area contributed by atoms with Crippen molar-refractivity contribution in [2.45, 2.75) is 126 Å². The van der Waals surface area contributed by atoms with Crippen molar-refractivity contribution in [2.24, 2.45) is 50.2 Å². The summed E-state index contributed by atoms with van der Waals surface area (Å²) in [6.45, 7) is 18.4. The van der Waals surface area contributed by atoms with E-state index in [1.807, 2.05) is 30.3 Å². The van der Waals surface area contributed by atoms with Gasteiger partial charge in [0.1, 0.15) is 0 Å². The second kappa shape index (κ2) is 10.8. The molecule has 3 unspecified atom stereocenters. The van der Waals surface area contributed by atoms with Crippen LogP contribution in [0.15, 0.2) is 42.0 Å². The summed E-state index contributed by atoms with van der Waals surface area (Å²) >= 11 is 0. The number of hydroxylamine groups is 1. The van der Waals surface area contributed by atoms with E-state index < -0.39 is 5.41 Å². The minimum atomic E-state index is -0.559. The quantitative estimate of drug-likeness (QED) is 0.332. The lowest BCUT2D eigenvalue weighted by molar-refractivity contribution is -0.189. The van der Waals surface area contributed by atoms with Gasteiger partial charge in [-0.15, -0.1) is 0 Å². The molecule has 6 nitrogen and oxygen atoms in total. The number of allylic oxidation sites excluding steroid dienone is 2. The number of rotatable bonds is 5. The number of benzene rings is 1. The first-order valence-corrected chi connectivity index (χ1v) is 17.5. The lowest BCUT2D eigenvalue weighted by Gasteiger charge is -2.70. The smallest absolute Gasteiger partial charge is 0.249 e. The largest absolute Gasteiger partial charge is 0.353 e. The summed E-state index contributed by atoms with van der Waals surface area (Å²) in [4.78, 5) is 46.2. The van der Waals surface area contributed by atoms with Crippen molar-refractivity contribution in [3.63, 3.8) is 0 Å². The topological polar surface area (TPSA) is 84.5 Å². The molecule has 0 radical (unpaired) electrons. The highest BCUT2D eigenvalue weighted by molar-refractivity contribution is 5.95. The van der Waals surface area contributed by atoms with E-state index in [1.54, 1.807) is 6.92 Å². The molecule has 246 valence electrons. The first-order chi connectivity index (χ1) is 21.0. The van der Waals surface area contributed by atoms with Gasteiger partial charge in [-0.3, -0.25) is 19.2 Å². The van der Waals surface area contributed by atoms with Crippen molar-refractivity contribution in [1.29, 1.82) is 0 Å². The van der Waals surface area contributed by atoms with Crippen molar-refractivity contribution >= 4 is 17.6 Å². The Balaban J connectivity index is 1.29. The Labute approximate surface area is 270 Å². The Bertz CT molecular complexity index is 1400. The van der Waals surface area contributed by atoms with Crippen molar-refractivity contribution in [2.75, 3.05) is 0 Å². The zero-order chi connectivity index (χ0) is 32.6. The van der Waals surface area contributed by atoms with E-state index in [-0.39, 0.29) is 56.8 Å². The standard InChI is InChI=1S/C39H56N2O4/c1-25(42)40-31-15-16-37(6)30(34(31,2)3)14-17-39(8)32(37)29(43)22-27-28-23-36(5,19-18-35(28,4)20-21-38(27,39)7)33(44)41-45-24-26-12-10-9-11-13-26/h9-13,22,28,30-32H,14-21,23-24H2,1-8H3,(H,40,42)(H,41,44)/t28?,30?,31-,32?,35-,36+,37+,38-,39-/m1/s1. The SMILES string of the molecule is CC(=O)N[C@@H]1CC[C@@]2(C)C(CC[C@]3(C)C2C(=O)C=C2C4C[C@@](C)(C(=O)NOCc5ccccc5)CC[C@]4(C)CC[C@]23C)C1(C)C. The van der Waals surface area contributed by atoms with Crippen LogP contribution in [0, 0.1) is 50.2 Å². The fourth-order valence-corrected chi connectivity index (χ4v) is 11.8. The van der Waals surface area contributed by atoms with Crippen LogP contribution in [0.4, 0.5) is 0 Å². The number of carbonyl (C=O) groups is 3. The molecule has 0 heterocycles. The summed E-state index contributed by atoms with van der Waals surface area (Å²) in [5.74, 6) is 0.803. The van der Waals surface area contributed by atoms with Gasteiger partial charge < -0.3 is 5.32 Å². The summed E-state index contributed by atoms with van der Waals surface area (Å²) in [5, 5.41) is 3.26. The van der Waals surface area contributed by atoms with Gasteiger partial charge in [0.25, 0.3) is 0 Å². The fourth-order valence-electron chi connectivity index (χ4n) is 11.8. The Morgan fingerprint density at radius 1 is 0.889 bits per heavy atom. The van der Waals surface area contributed by atoms with E-state index in [0.29, 0.717) is 18.3 Å². The molecular formula is C39H56N2O4. The van der Waals surface area contributed by atoms with Crippen LogP contribution < -0.4 is 10.8 Å². The monoisotopic (exact) mass is 616 g/mol. The molecule has 5 aliphatic carbocycles. The van der Waals surface area contributed by atoms with E-state index in [1.165, 1.54) is 5.57 Å². The van der Waals surface area contributed by atoms with Crippen molar-refractivity contribution in [1.82, 2.24) is 10.8 Å². The fraction of sp³-hybridized carbons (Fsp3) is 0.718. The number of hydrogen-bond donors (Lipinski definition) is 2. The lowest BCUT2D eigenvalue weighted by Crippen LogP contribution is -2.67. The number of amides is 2. The second-order valence-corrected chi connectivity index (χ2v) is 17.6. The van der Waals surface area contributed by atoms with Crippen LogP contribution in [0.2, 0.25) is 0 Å². The van der Waals surface area contributed by atoms with Crippen LogP contribution in [0.25, 0.3) is 0 Å². The van der Waals surface area contributed by atoms with Gasteiger partial charge in [0.15, 0.2) is 5.78 Å². The molecule has 1 aromatic carbocycles. The summed E-state index contributed by atoms with van der Waals surface area (Å²) in [5.41, 5.74) is 4.21. The molecule has 1 aromatic rings. The molecule has 0 bridgehead atoms. The highest BCUT2D eigenvalue weighted by Gasteiger charge is 2.70. The maximum absolute atomic E-state index is 14.7. The number of ketones is 1. The molecule has 5 aliphatic rings. The Morgan fingerprint density at radius 2 is 1.58 bits per heavy atom. The lowest BCUT2D eigenvalue weighted by atomic mass is 9.33. The maximum Gasteiger partial charge on any atom is 0.249 e. The van der Waals surface area contributed by atoms with Crippen molar-refractivity contribution in [3.05, 3.63) is 47.5 Å². The Morgan fingerprint density at radius 3 is 2.27 bits per heavy atom. The molecule has 2 N–H and O–H groups in total. The van der Waals surface area contributed by atoms with Crippen molar-refractivity contribution < 1.29 is 19.2 Å². The minimum absolute atomic E-state index is 0.0346. The third kappa shape index (κ3) is 4.86. The normalized spacial score (nSPS) is 43.5. The van der Waals surface area contributed by atoms with E-state index >= 15 is 0 Å². The Hall–Kier alpha value is -2.47. The molecule has 4 fully saturated rings.